The van der Waals surface area contributed by atoms with Gasteiger partial charge in [-0.25, -0.2) is 4.98 Å². The monoisotopic (exact) mass is 298 g/mol. The van der Waals surface area contributed by atoms with E-state index in [0.717, 1.165) is 12.4 Å². The van der Waals surface area contributed by atoms with Gasteiger partial charge in [0.05, 0.1) is 18.4 Å². The largest absolute Gasteiger partial charge is 0.350 e. The zero-order valence-electron chi connectivity index (χ0n) is 13.0. The van der Waals surface area contributed by atoms with Crippen molar-refractivity contribution in [2.75, 3.05) is 16.8 Å². The molecule has 0 aliphatic rings. The molecule has 116 valence electrons. The van der Waals surface area contributed by atoms with Gasteiger partial charge in [0.15, 0.2) is 0 Å². The van der Waals surface area contributed by atoms with E-state index in [4.69, 9.17) is 5.73 Å². The van der Waals surface area contributed by atoms with E-state index in [0.29, 0.717) is 11.7 Å². The smallest absolute Gasteiger partial charge is 0.238 e. The molecule has 1 aromatic carbocycles. The van der Waals surface area contributed by atoms with Crippen molar-refractivity contribution in [1.29, 1.82) is 0 Å². The Labute approximate surface area is 131 Å². The van der Waals surface area contributed by atoms with Crippen molar-refractivity contribution in [1.82, 2.24) is 4.98 Å². The third-order valence-corrected chi connectivity index (χ3v) is 3.33. The van der Waals surface area contributed by atoms with E-state index in [1.807, 2.05) is 30.3 Å². The molecule has 0 bridgehead atoms. The van der Waals surface area contributed by atoms with Gasteiger partial charge in [0.25, 0.3) is 0 Å². The van der Waals surface area contributed by atoms with Crippen LogP contribution in [0.5, 0.6) is 0 Å². The Morgan fingerprint density at radius 2 is 1.95 bits per heavy atom. The number of hydrogen-bond donors (Lipinski definition) is 2. The molecule has 0 radical (unpaired) electrons. The molecule has 1 aromatic heterocycles. The number of nitrogens with zero attached hydrogens (tertiary/aromatic N) is 2. The Hall–Kier alpha value is -2.40. The lowest BCUT2D eigenvalue weighted by molar-refractivity contribution is -0.114. The van der Waals surface area contributed by atoms with Gasteiger partial charge in [0, 0.05) is 12.6 Å². The van der Waals surface area contributed by atoms with E-state index >= 15 is 0 Å². The van der Waals surface area contributed by atoms with Crippen LogP contribution in [0, 0.1) is 0 Å². The molecular weight excluding hydrogens is 276 g/mol. The summed E-state index contributed by atoms with van der Waals surface area (Å²) < 4.78 is 0. The first-order valence-corrected chi connectivity index (χ1v) is 7.36. The van der Waals surface area contributed by atoms with Crippen molar-refractivity contribution >= 4 is 17.4 Å². The fourth-order valence-electron chi connectivity index (χ4n) is 2.15. The van der Waals surface area contributed by atoms with Gasteiger partial charge in [0.1, 0.15) is 5.82 Å². The number of hydrogen-bond acceptors (Lipinski definition) is 4. The van der Waals surface area contributed by atoms with Gasteiger partial charge in [-0.2, -0.15) is 0 Å². The maximum Gasteiger partial charge on any atom is 0.238 e. The predicted octanol–water partition coefficient (Wildman–Crippen LogP) is 2.39. The Kier molecular flexibility index (Phi) is 5.49. The van der Waals surface area contributed by atoms with Gasteiger partial charge >= 0.3 is 0 Å². The van der Waals surface area contributed by atoms with Gasteiger partial charge < -0.3 is 16.0 Å². The van der Waals surface area contributed by atoms with Crippen LogP contribution in [-0.2, 0) is 11.3 Å². The number of amides is 1. The number of aromatic nitrogens is 1. The highest BCUT2D eigenvalue weighted by Crippen LogP contribution is 2.19. The SMILES string of the molecule is CC(C)N(Cc1ccccc1)c1ccc(NC(=O)CN)cn1. The van der Waals surface area contributed by atoms with E-state index < -0.39 is 0 Å². The number of nitrogens with two attached hydrogens (primary N) is 1. The van der Waals surface area contributed by atoms with Crippen molar-refractivity contribution in [3.05, 3.63) is 54.2 Å². The Balaban J connectivity index is 2.13. The summed E-state index contributed by atoms with van der Waals surface area (Å²) in [5.41, 5.74) is 7.17. The lowest BCUT2D eigenvalue weighted by atomic mass is 10.2. The van der Waals surface area contributed by atoms with E-state index in [1.54, 1.807) is 6.20 Å². The summed E-state index contributed by atoms with van der Waals surface area (Å²) in [5, 5.41) is 2.69. The second-order valence-electron chi connectivity index (χ2n) is 5.36. The van der Waals surface area contributed by atoms with Crippen molar-refractivity contribution in [3.8, 4) is 0 Å². The van der Waals surface area contributed by atoms with Crippen LogP contribution in [-0.4, -0.2) is 23.5 Å². The maximum atomic E-state index is 11.3. The number of carbonyl (C=O) groups is 1. The van der Waals surface area contributed by atoms with Crippen molar-refractivity contribution in [2.45, 2.75) is 26.4 Å². The molecule has 3 N–H and O–H groups in total. The molecule has 5 nitrogen and oxygen atoms in total. The molecule has 0 unspecified atom stereocenters. The molecule has 1 amide bonds. The fraction of sp³-hybridized carbons (Fsp3) is 0.294. The van der Waals surface area contributed by atoms with Gasteiger partial charge in [-0.3, -0.25) is 4.79 Å². The Morgan fingerprint density at radius 1 is 1.23 bits per heavy atom. The zero-order chi connectivity index (χ0) is 15.9. The summed E-state index contributed by atoms with van der Waals surface area (Å²) in [7, 11) is 0. The number of carbonyl (C=O) groups excluding carboxylic acids is 1. The van der Waals surface area contributed by atoms with Gasteiger partial charge in [-0.1, -0.05) is 30.3 Å². The summed E-state index contributed by atoms with van der Waals surface area (Å²) in [4.78, 5) is 17.9. The number of rotatable bonds is 6. The zero-order valence-corrected chi connectivity index (χ0v) is 13.0. The highest BCUT2D eigenvalue weighted by molar-refractivity contribution is 5.91. The first-order chi connectivity index (χ1) is 10.6. The van der Waals surface area contributed by atoms with Gasteiger partial charge in [0.2, 0.25) is 5.91 Å². The maximum absolute atomic E-state index is 11.3. The van der Waals surface area contributed by atoms with Crippen LogP contribution in [0.25, 0.3) is 0 Å². The molecule has 5 heteroatoms. The highest BCUT2D eigenvalue weighted by atomic mass is 16.1. The molecule has 1 heterocycles. The molecule has 0 atom stereocenters. The number of nitrogens with one attached hydrogen (secondary N) is 1. The number of pyridine rings is 1. The molecule has 2 aromatic rings. The second-order valence-corrected chi connectivity index (χ2v) is 5.36. The predicted molar refractivity (Wildman–Crippen MR) is 89.7 cm³/mol. The van der Waals surface area contributed by atoms with Crippen LogP contribution < -0.4 is 16.0 Å². The summed E-state index contributed by atoms with van der Waals surface area (Å²) in [6.45, 7) is 5.03. The summed E-state index contributed by atoms with van der Waals surface area (Å²) in [6.07, 6.45) is 1.66. The van der Waals surface area contributed by atoms with Gasteiger partial charge in [-0.15, -0.1) is 0 Å². The Bertz CT molecular complexity index is 596. The topological polar surface area (TPSA) is 71.2 Å². The van der Waals surface area contributed by atoms with Crippen LogP contribution in [0.1, 0.15) is 19.4 Å². The molecule has 0 saturated heterocycles. The quantitative estimate of drug-likeness (QED) is 0.859. The van der Waals surface area contributed by atoms with Crippen molar-refractivity contribution in [2.24, 2.45) is 5.73 Å². The fourth-order valence-corrected chi connectivity index (χ4v) is 2.15. The minimum absolute atomic E-state index is 0.0339. The van der Waals surface area contributed by atoms with Crippen molar-refractivity contribution in [3.63, 3.8) is 0 Å². The van der Waals surface area contributed by atoms with Crippen LogP contribution in [0.4, 0.5) is 11.5 Å². The average molecular weight is 298 g/mol. The summed E-state index contributed by atoms with van der Waals surface area (Å²) in [6, 6.07) is 14.4. The molecule has 22 heavy (non-hydrogen) atoms. The van der Waals surface area contributed by atoms with Crippen LogP contribution in [0.3, 0.4) is 0 Å². The molecule has 0 aliphatic carbocycles. The standard InChI is InChI=1S/C17H22N4O/c1-13(2)21(12-14-6-4-3-5-7-14)16-9-8-15(11-19-16)20-17(22)10-18/h3-9,11,13H,10,12,18H2,1-2H3,(H,20,22). The van der Waals surface area contributed by atoms with Crippen LogP contribution >= 0.6 is 0 Å². The minimum Gasteiger partial charge on any atom is -0.350 e. The summed E-state index contributed by atoms with van der Waals surface area (Å²) >= 11 is 0. The summed E-state index contributed by atoms with van der Waals surface area (Å²) in [5.74, 6) is 0.657. The average Bonchev–Trinajstić information content (AvgIpc) is 2.54. The number of anilines is 2. The number of benzene rings is 1. The van der Waals surface area contributed by atoms with Gasteiger partial charge in [-0.05, 0) is 31.5 Å². The van der Waals surface area contributed by atoms with E-state index in [9.17, 15) is 4.79 Å². The molecule has 0 aliphatic heterocycles. The van der Waals surface area contributed by atoms with E-state index in [-0.39, 0.29) is 12.5 Å². The lowest BCUT2D eigenvalue weighted by Gasteiger charge is -2.28. The highest BCUT2D eigenvalue weighted by Gasteiger charge is 2.12. The van der Waals surface area contributed by atoms with E-state index in [1.165, 1.54) is 5.56 Å². The normalized spacial score (nSPS) is 10.5. The Morgan fingerprint density at radius 3 is 2.50 bits per heavy atom. The molecule has 0 spiro atoms. The first kappa shape index (κ1) is 16.0. The van der Waals surface area contributed by atoms with Crippen LogP contribution in [0.15, 0.2) is 48.7 Å². The van der Waals surface area contributed by atoms with E-state index in [2.05, 4.69) is 41.2 Å². The molecular formula is C17H22N4O. The lowest BCUT2D eigenvalue weighted by Crippen LogP contribution is -2.31. The third-order valence-electron chi connectivity index (χ3n) is 3.33. The third kappa shape index (κ3) is 4.30. The molecule has 2 rings (SSSR count). The second kappa shape index (κ2) is 7.56. The van der Waals surface area contributed by atoms with Crippen molar-refractivity contribution < 1.29 is 4.79 Å². The minimum atomic E-state index is -0.223. The molecule has 0 saturated carbocycles. The molecule has 0 fully saturated rings. The first-order valence-electron chi connectivity index (χ1n) is 7.36. The van der Waals surface area contributed by atoms with Crippen LogP contribution in [0.2, 0.25) is 0 Å².